The van der Waals surface area contributed by atoms with E-state index in [1.165, 1.54) is 0 Å². The zero-order valence-electron chi connectivity index (χ0n) is 7.57. The van der Waals surface area contributed by atoms with Crippen LogP contribution in [0.1, 0.15) is 10.4 Å². The predicted octanol–water partition coefficient (Wildman–Crippen LogP) is 2.69. The van der Waals surface area contributed by atoms with E-state index in [9.17, 15) is 13.6 Å². The number of hydrogen-bond acceptors (Lipinski definition) is 3. The molecule has 1 aromatic rings. The summed E-state index contributed by atoms with van der Waals surface area (Å²) in [4.78, 5) is 13.2. The van der Waals surface area contributed by atoms with Crippen molar-refractivity contribution in [2.75, 3.05) is 7.11 Å². The van der Waals surface area contributed by atoms with E-state index in [1.807, 2.05) is 0 Å². The van der Waals surface area contributed by atoms with Crippen LogP contribution in [0.3, 0.4) is 0 Å². The van der Waals surface area contributed by atoms with E-state index in [4.69, 9.17) is 5.53 Å². The average Bonchev–Trinajstić information content (AvgIpc) is 2.24. The van der Waals surface area contributed by atoms with Crippen molar-refractivity contribution in [2.24, 2.45) is 5.11 Å². The van der Waals surface area contributed by atoms with Crippen LogP contribution in [0.25, 0.3) is 10.4 Å². The Morgan fingerprint density at radius 1 is 1.47 bits per heavy atom. The molecular formula is C8H5F2N3O2. The van der Waals surface area contributed by atoms with E-state index in [2.05, 4.69) is 14.8 Å². The first-order chi connectivity index (χ1) is 7.11. The zero-order chi connectivity index (χ0) is 11.4. The predicted molar refractivity (Wildman–Crippen MR) is 46.5 cm³/mol. The number of benzene rings is 1. The van der Waals surface area contributed by atoms with E-state index in [0.717, 1.165) is 19.2 Å². The molecule has 0 bridgehead atoms. The molecule has 0 aliphatic heterocycles. The van der Waals surface area contributed by atoms with E-state index >= 15 is 0 Å². The molecule has 0 radical (unpaired) electrons. The minimum atomic E-state index is -1.40. The lowest BCUT2D eigenvalue weighted by Gasteiger charge is -2.03. The summed E-state index contributed by atoms with van der Waals surface area (Å²) in [7, 11) is 1.04. The van der Waals surface area contributed by atoms with Gasteiger partial charge in [0, 0.05) is 4.91 Å². The van der Waals surface area contributed by atoms with Gasteiger partial charge < -0.3 is 4.74 Å². The van der Waals surface area contributed by atoms with Crippen molar-refractivity contribution in [3.63, 3.8) is 0 Å². The van der Waals surface area contributed by atoms with Gasteiger partial charge in [-0.2, -0.15) is 0 Å². The molecule has 0 N–H and O–H groups in total. The van der Waals surface area contributed by atoms with Crippen LogP contribution in [0.4, 0.5) is 14.5 Å². The van der Waals surface area contributed by atoms with Gasteiger partial charge in [-0.1, -0.05) is 5.11 Å². The maximum absolute atomic E-state index is 13.2. The highest BCUT2D eigenvalue weighted by Gasteiger charge is 2.18. The molecule has 0 saturated heterocycles. The Balaban J connectivity index is 3.33. The van der Waals surface area contributed by atoms with Gasteiger partial charge in [0.2, 0.25) is 0 Å². The number of nitrogens with zero attached hydrogens (tertiary/aromatic N) is 3. The molecule has 0 aromatic heterocycles. The smallest absolute Gasteiger partial charge is 0.340 e. The third-order valence-electron chi connectivity index (χ3n) is 1.62. The summed E-state index contributed by atoms with van der Waals surface area (Å²) < 4.78 is 30.5. The Kier molecular flexibility index (Phi) is 3.20. The van der Waals surface area contributed by atoms with Gasteiger partial charge in [0.15, 0.2) is 11.6 Å². The number of hydrogen-bond donors (Lipinski definition) is 0. The second-order valence-electron chi connectivity index (χ2n) is 2.44. The van der Waals surface area contributed by atoms with Gasteiger partial charge in [0.1, 0.15) is 0 Å². The van der Waals surface area contributed by atoms with Crippen molar-refractivity contribution >= 4 is 11.7 Å². The van der Waals surface area contributed by atoms with Crippen molar-refractivity contribution in [2.45, 2.75) is 0 Å². The number of azide groups is 1. The Labute approximate surface area is 82.9 Å². The van der Waals surface area contributed by atoms with Gasteiger partial charge in [-0.3, -0.25) is 0 Å². The van der Waals surface area contributed by atoms with Gasteiger partial charge in [0.05, 0.1) is 18.4 Å². The van der Waals surface area contributed by atoms with Crippen LogP contribution in [0.2, 0.25) is 0 Å². The minimum Gasteiger partial charge on any atom is -0.465 e. The van der Waals surface area contributed by atoms with E-state index in [0.29, 0.717) is 0 Å². The molecular weight excluding hydrogens is 208 g/mol. The molecule has 0 fully saturated rings. The maximum atomic E-state index is 13.2. The van der Waals surface area contributed by atoms with Crippen molar-refractivity contribution in [3.8, 4) is 0 Å². The monoisotopic (exact) mass is 213 g/mol. The van der Waals surface area contributed by atoms with Crippen molar-refractivity contribution in [1.82, 2.24) is 0 Å². The molecule has 0 atom stereocenters. The molecule has 0 unspecified atom stereocenters. The number of ether oxygens (including phenoxy) is 1. The summed E-state index contributed by atoms with van der Waals surface area (Å²) >= 11 is 0. The Bertz CT molecular complexity index is 455. The molecule has 0 amide bonds. The molecule has 1 rings (SSSR count). The summed E-state index contributed by atoms with van der Waals surface area (Å²) in [5, 5.41) is 2.91. The third-order valence-corrected chi connectivity index (χ3v) is 1.62. The first-order valence-corrected chi connectivity index (χ1v) is 3.73. The summed E-state index contributed by atoms with van der Waals surface area (Å²) in [6.45, 7) is 0. The number of methoxy groups -OCH3 is 1. The molecule has 15 heavy (non-hydrogen) atoms. The van der Waals surface area contributed by atoms with Crippen molar-refractivity contribution in [1.29, 1.82) is 0 Å². The number of rotatable bonds is 2. The minimum absolute atomic E-state index is 0.511. The van der Waals surface area contributed by atoms with Crippen LogP contribution in [0.5, 0.6) is 0 Å². The van der Waals surface area contributed by atoms with Crippen LogP contribution in [0, 0.1) is 11.6 Å². The first kappa shape index (κ1) is 10.9. The highest BCUT2D eigenvalue weighted by atomic mass is 19.2. The molecule has 78 valence electrons. The fraction of sp³-hybridized carbons (Fsp3) is 0.125. The quantitative estimate of drug-likeness (QED) is 0.327. The van der Waals surface area contributed by atoms with Gasteiger partial charge in [-0.25, -0.2) is 13.6 Å². The SMILES string of the molecule is COC(=O)c1ccc(N=[N+]=[N-])c(F)c1F. The average molecular weight is 213 g/mol. The van der Waals surface area contributed by atoms with Crippen LogP contribution >= 0.6 is 0 Å². The molecule has 1 aromatic carbocycles. The lowest BCUT2D eigenvalue weighted by atomic mass is 10.2. The third kappa shape index (κ3) is 2.03. The number of carbonyl (C=O) groups excluding carboxylic acids is 1. The van der Waals surface area contributed by atoms with Gasteiger partial charge in [-0.05, 0) is 17.7 Å². The Hall–Kier alpha value is -2.14. The molecule has 0 aliphatic rings. The van der Waals surface area contributed by atoms with Crippen molar-refractivity contribution < 1.29 is 18.3 Å². The van der Waals surface area contributed by atoms with E-state index < -0.39 is 28.9 Å². The summed E-state index contributed by atoms with van der Waals surface area (Å²) in [6, 6.07) is 1.97. The maximum Gasteiger partial charge on any atom is 0.340 e. The summed E-state index contributed by atoms with van der Waals surface area (Å²) in [5.41, 5.74) is 6.98. The first-order valence-electron chi connectivity index (χ1n) is 3.73. The van der Waals surface area contributed by atoms with E-state index in [-0.39, 0.29) is 0 Å². The molecule has 7 heteroatoms. The van der Waals surface area contributed by atoms with Gasteiger partial charge in [0.25, 0.3) is 0 Å². The Morgan fingerprint density at radius 2 is 2.13 bits per heavy atom. The summed E-state index contributed by atoms with van der Waals surface area (Å²) in [6.07, 6.45) is 0. The lowest BCUT2D eigenvalue weighted by Crippen LogP contribution is -2.05. The summed E-state index contributed by atoms with van der Waals surface area (Å²) in [5.74, 6) is -3.78. The number of halogens is 2. The highest BCUT2D eigenvalue weighted by molar-refractivity contribution is 5.90. The zero-order valence-corrected chi connectivity index (χ0v) is 7.57. The van der Waals surface area contributed by atoms with Crippen LogP contribution < -0.4 is 0 Å². The molecule has 0 saturated carbocycles. The van der Waals surface area contributed by atoms with Gasteiger partial charge in [-0.15, -0.1) is 0 Å². The Morgan fingerprint density at radius 3 is 2.67 bits per heavy atom. The fourth-order valence-electron chi connectivity index (χ4n) is 0.932. The van der Waals surface area contributed by atoms with E-state index in [1.54, 1.807) is 0 Å². The standard InChI is InChI=1S/C8H5F2N3O2/c1-15-8(14)4-2-3-5(12-13-11)7(10)6(4)9/h2-3H,1H3. The topological polar surface area (TPSA) is 75.1 Å². The largest absolute Gasteiger partial charge is 0.465 e. The van der Waals surface area contributed by atoms with Crippen molar-refractivity contribution in [3.05, 3.63) is 39.8 Å². The lowest BCUT2D eigenvalue weighted by molar-refractivity contribution is 0.0594. The number of esters is 1. The van der Waals surface area contributed by atoms with Crippen LogP contribution in [0.15, 0.2) is 17.2 Å². The van der Waals surface area contributed by atoms with Gasteiger partial charge >= 0.3 is 5.97 Å². The van der Waals surface area contributed by atoms with Crippen LogP contribution in [-0.4, -0.2) is 13.1 Å². The molecule has 0 heterocycles. The molecule has 5 nitrogen and oxygen atoms in total. The fourth-order valence-corrected chi connectivity index (χ4v) is 0.932. The molecule has 0 aliphatic carbocycles. The second kappa shape index (κ2) is 4.39. The second-order valence-corrected chi connectivity index (χ2v) is 2.44. The van der Waals surface area contributed by atoms with Crippen LogP contribution in [-0.2, 0) is 4.74 Å². The highest BCUT2D eigenvalue weighted by Crippen LogP contribution is 2.23. The molecule has 0 spiro atoms. The normalized spacial score (nSPS) is 9.27. The number of carbonyl (C=O) groups is 1.